The van der Waals surface area contributed by atoms with Crippen LogP contribution in [-0.2, 0) is 17.8 Å². The zero-order chi connectivity index (χ0) is 18.4. The predicted molar refractivity (Wildman–Crippen MR) is 101 cm³/mol. The SMILES string of the molecule is O=C(Nc1cc(-c2c(-c3ccc(F)cc3)nn3c2CCC3)ccn1)C1CC1. The molecule has 1 aliphatic carbocycles. The van der Waals surface area contributed by atoms with Gasteiger partial charge >= 0.3 is 0 Å². The zero-order valence-electron chi connectivity index (χ0n) is 14.8. The van der Waals surface area contributed by atoms with Gasteiger partial charge in [0.05, 0.1) is 0 Å². The van der Waals surface area contributed by atoms with Gasteiger partial charge in [0.15, 0.2) is 0 Å². The average molecular weight is 362 g/mol. The standard InChI is InChI=1S/C21H19FN4O/c22-16-7-5-13(6-8-16)20-19(17-2-1-11-26(17)25-20)15-9-10-23-18(12-15)24-21(27)14-3-4-14/h5-10,12,14H,1-4,11H2,(H,23,24,27). The monoisotopic (exact) mass is 362 g/mol. The van der Waals surface area contributed by atoms with Crippen molar-refractivity contribution in [3.8, 4) is 22.4 Å². The highest BCUT2D eigenvalue weighted by molar-refractivity contribution is 5.94. The van der Waals surface area contributed by atoms with Crippen molar-refractivity contribution in [2.24, 2.45) is 5.92 Å². The molecule has 0 radical (unpaired) electrons. The summed E-state index contributed by atoms with van der Waals surface area (Å²) in [5, 5.41) is 7.70. The quantitative estimate of drug-likeness (QED) is 0.762. The van der Waals surface area contributed by atoms with Crippen LogP contribution in [0, 0.1) is 11.7 Å². The fraction of sp³-hybridized carbons (Fsp3) is 0.286. The fourth-order valence-electron chi connectivity index (χ4n) is 3.67. The van der Waals surface area contributed by atoms with Crippen molar-refractivity contribution < 1.29 is 9.18 Å². The number of benzene rings is 1. The minimum Gasteiger partial charge on any atom is -0.310 e. The molecular formula is C21H19FN4O. The molecule has 0 atom stereocenters. The van der Waals surface area contributed by atoms with Crippen molar-refractivity contribution in [1.29, 1.82) is 0 Å². The van der Waals surface area contributed by atoms with Crippen LogP contribution in [-0.4, -0.2) is 20.7 Å². The van der Waals surface area contributed by atoms with Crippen LogP contribution in [0.3, 0.4) is 0 Å². The number of fused-ring (bicyclic) bond motifs is 1. The van der Waals surface area contributed by atoms with Gasteiger partial charge in [-0.1, -0.05) is 0 Å². The second-order valence-electron chi connectivity index (χ2n) is 7.20. The molecule has 1 aliphatic heterocycles. The fourth-order valence-corrected chi connectivity index (χ4v) is 3.67. The number of halogens is 1. The number of hydrogen-bond acceptors (Lipinski definition) is 3. The van der Waals surface area contributed by atoms with Gasteiger partial charge in [0.1, 0.15) is 17.3 Å². The number of aromatic nitrogens is 3. The third-order valence-corrected chi connectivity index (χ3v) is 5.21. The number of carbonyl (C=O) groups excluding carboxylic acids is 1. The van der Waals surface area contributed by atoms with Gasteiger partial charge in [0.2, 0.25) is 5.91 Å². The molecule has 3 heterocycles. The number of aryl methyl sites for hydroxylation is 1. The maximum absolute atomic E-state index is 13.4. The molecule has 5 nitrogen and oxygen atoms in total. The average Bonchev–Trinajstić information content (AvgIpc) is 3.32. The number of pyridine rings is 1. The van der Waals surface area contributed by atoms with Crippen LogP contribution < -0.4 is 5.32 Å². The molecule has 2 aliphatic rings. The Hall–Kier alpha value is -3.02. The lowest BCUT2D eigenvalue weighted by molar-refractivity contribution is -0.117. The summed E-state index contributed by atoms with van der Waals surface area (Å²) >= 11 is 0. The molecule has 2 aromatic heterocycles. The van der Waals surface area contributed by atoms with Crippen LogP contribution in [0.25, 0.3) is 22.4 Å². The van der Waals surface area contributed by atoms with E-state index in [9.17, 15) is 9.18 Å². The molecule has 1 fully saturated rings. The van der Waals surface area contributed by atoms with Gasteiger partial charge in [0.25, 0.3) is 0 Å². The Kier molecular flexibility index (Phi) is 3.77. The third kappa shape index (κ3) is 3.01. The lowest BCUT2D eigenvalue weighted by atomic mass is 9.98. The Balaban J connectivity index is 1.58. The normalized spacial score (nSPS) is 15.6. The minimum atomic E-state index is -0.263. The van der Waals surface area contributed by atoms with Gasteiger partial charge in [-0.05, 0) is 67.6 Å². The van der Waals surface area contributed by atoms with Gasteiger partial charge in [-0.3, -0.25) is 9.48 Å². The zero-order valence-corrected chi connectivity index (χ0v) is 14.8. The molecule has 0 bridgehead atoms. The molecule has 1 amide bonds. The van der Waals surface area contributed by atoms with Crippen molar-refractivity contribution >= 4 is 11.7 Å². The van der Waals surface area contributed by atoms with Gasteiger partial charge in [-0.15, -0.1) is 0 Å². The van der Waals surface area contributed by atoms with Crippen LogP contribution in [0.4, 0.5) is 10.2 Å². The summed E-state index contributed by atoms with van der Waals surface area (Å²) in [7, 11) is 0. The van der Waals surface area contributed by atoms with E-state index in [4.69, 9.17) is 5.10 Å². The van der Waals surface area contributed by atoms with E-state index in [1.165, 1.54) is 17.8 Å². The van der Waals surface area contributed by atoms with Gasteiger partial charge < -0.3 is 5.32 Å². The molecule has 5 rings (SSSR count). The van der Waals surface area contributed by atoms with Crippen molar-refractivity contribution in [3.63, 3.8) is 0 Å². The van der Waals surface area contributed by atoms with Crippen molar-refractivity contribution in [3.05, 3.63) is 54.1 Å². The van der Waals surface area contributed by atoms with E-state index in [2.05, 4.69) is 10.3 Å². The summed E-state index contributed by atoms with van der Waals surface area (Å²) in [4.78, 5) is 16.4. The summed E-state index contributed by atoms with van der Waals surface area (Å²) in [5.41, 5.74) is 4.92. The minimum absolute atomic E-state index is 0.0404. The third-order valence-electron chi connectivity index (χ3n) is 5.21. The first kappa shape index (κ1) is 16.2. The van der Waals surface area contributed by atoms with E-state index < -0.39 is 0 Å². The Labute approximate surface area is 156 Å². The summed E-state index contributed by atoms with van der Waals surface area (Å²) in [6.45, 7) is 0.889. The Morgan fingerprint density at radius 1 is 1.15 bits per heavy atom. The number of nitrogens with zero attached hydrogens (tertiary/aromatic N) is 3. The smallest absolute Gasteiger partial charge is 0.228 e. The predicted octanol–water partition coefficient (Wildman–Crippen LogP) is 4.05. The second kappa shape index (κ2) is 6.30. The highest BCUT2D eigenvalue weighted by Gasteiger charge is 2.30. The Morgan fingerprint density at radius 2 is 1.96 bits per heavy atom. The lowest BCUT2D eigenvalue weighted by Crippen LogP contribution is -2.14. The molecule has 1 N–H and O–H groups in total. The molecule has 6 heteroatoms. The van der Waals surface area contributed by atoms with Crippen molar-refractivity contribution in [2.45, 2.75) is 32.2 Å². The number of anilines is 1. The Bertz CT molecular complexity index is 1020. The number of hydrogen-bond donors (Lipinski definition) is 1. The first-order valence-corrected chi connectivity index (χ1v) is 9.32. The number of carbonyl (C=O) groups is 1. The maximum atomic E-state index is 13.4. The van der Waals surface area contributed by atoms with Gasteiger partial charge in [-0.2, -0.15) is 5.10 Å². The molecule has 3 aromatic rings. The maximum Gasteiger partial charge on any atom is 0.228 e. The molecule has 0 unspecified atom stereocenters. The lowest BCUT2D eigenvalue weighted by Gasteiger charge is -2.08. The molecule has 1 aromatic carbocycles. The molecule has 0 spiro atoms. The van der Waals surface area contributed by atoms with Crippen molar-refractivity contribution in [1.82, 2.24) is 14.8 Å². The molecule has 1 saturated carbocycles. The molecule has 0 saturated heterocycles. The van der Waals surface area contributed by atoms with E-state index in [1.54, 1.807) is 18.3 Å². The van der Waals surface area contributed by atoms with E-state index >= 15 is 0 Å². The van der Waals surface area contributed by atoms with Crippen LogP contribution in [0.1, 0.15) is 25.0 Å². The van der Waals surface area contributed by atoms with Crippen LogP contribution >= 0.6 is 0 Å². The molecule has 136 valence electrons. The van der Waals surface area contributed by atoms with Crippen LogP contribution in [0.5, 0.6) is 0 Å². The first-order valence-electron chi connectivity index (χ1n) is 9.32. The molecule has 27 heavy (non-hydrogen) atoms. The van der Waals surface area contributed by atoms with E-state index in [0.717, 1.165) is 54.6 Å². The van der Waals surface area contributed by atoms with Crippen LogP contribution in [0.2, 0.25) is 0 Å². The van der Waals surface area contributed by atoms with Crippen molar-refractivity contribution in [2.75, 3.05) is 5.32 Å². The number of nitrogens with one attached hydrogen (secondary N) is 1. The van der Waals surface area contributed by atoms with Crippen LogP contribution in [0.15, 0.2) is 42.6 Å². The van der Waals surface area contributed by atoms with Gasteiger partial charge in [-0.25, -0.2) is 9.37 Å². The molecular weight excluding hydrogens is 343 g/mol. The number of amides is 1. The summed E-state index contributed by atoms with van der Waals surface area (Å²) < 4.78 is 15.4. The topological polar surface area (TPSA) is 59.8 Å². The summed E-state index contributed by atoms with van der Waals surface area (Å²) in [6, 6.07) is 10.3. The summed E-state index contributed by atoms with van der Waals surface area (Å²) in [5.74, 6) is 0.470. The highest BCUT2D eigenvalue weighted by Crippen LogP contribution is 2.38. The number of rotatable bonds is 4. The first-order chi connectivity index (χ1) is 13.2. The highest BCUT2D eigenvalue weighted by atomic mass is 19.1. The van der Waals surface area contributed by atoms with Gasteiger partial charge in [0, 0.05) is 35.5 Å². The van der Waals surface area contributed by atoms with E-state index in [0.29, 0.717) is 5.82 Å². The Morgan fingerprint density at radius 3 is 2.74 bits per heavy atom. The second-order valence-corrected chi connectivity index (χ2v) is 7.20. The van der Waals surface area contributed by atoms with E-state index in [-0.39, 0.29) is 17.6 Å². The summed E-state index contributed by atoms with van der Waals surface area (Å²) in [6.07, 6.45) is 5.64. The van der Waals surface area contributed by atoms with E-state index in [1.807, 2.05) is 16.8 Å². The largest absolute Gasteiger partial charge is 0.310 e.